The van der Waals surface area contributed by atoms with Crippen LogP contribution in [-0.2, 0) is 0 Å². The van der Waals surface area contributed by atoms with Crippen molar-refractivity contribution in [3.05, 3.63) is 36.7 Å². The molecule has 0 spiro atoms. The molecule has 3 heteroatoms. The normalized spacial score (nSPS) is 12.5. The second-order valence-corrected chi connectivity index (χ2v) is 4.23. The fraction of sp³-hybridized carbons (Fsp3) is 0.200. The van der Waals surface area contributed by atoms with E-state index in [0.717, 1.165) is 4.90 Å². The molecule has 0 fully saturated rings. The van der Waals surface area contributed by atoms with Gasteiger partial charge in [0.25, 0.3) is 0 Å². The highest BCUT2D eigenvalue weighted by molar-refractivity contribution is 8.00. The minimum absolute atomic E-state index is 0.265. The molecule has 70 valence electrons. The largest absolute Gasteiger partial charge is 0.399 e. The Hall–Kier alpha value is -0.960. The van der Waals surface area contributed by atoms with Crippen LogP contribution in [0.2, 0.25) is 0 Å². The zero-order valence-corrected chi connectivity index (χ0v) is 8.27. The molecule has 0 saturated heterocycles. The third-order valence-electron chi connectivity index (χ3n) is 1.55. The summed E-state index contributed by atoms with van der Waals surface area (Å²) in [5, 5.41) is 0.265. The van der Waals surface area contributed by atoms with Gasteiger partial charge in [-0.15, -0.1) is 18.3 Å². The van der Waals surface area contributed by atoms with Gasteiger partial charge >= 0.3 is 0 Å². The van der Waals surface area contributed by atoms with Gasteiger partial charge in [-0.2, -0.15) is 0 Å². The topological polar surface area (TPSA) is 26.0 Å². The summed E-state index contributed by atoms with van der Waals surface area (Å²) in [6, 6.07) is 4.54. The molecule has 0 amide bonds. The summed E-state index contributed by atoms with van der Waals surface area (Å²) in [4.78, 5) is 0.838. The molecule has 1 nitrogen and oxygen atoms in total. The zero-order chi connectivity index (χ0) is 9.84. The summed E-state index contributed by atoms with van der Waals surface area (Å²) in [5.41, 5.74) is 5.95. The number of thioether (sulfide) groups is 1. The van der Waals surface area contributed by atoms with E-state index in [0.29, 0.717) is 5.69 Å². The van der Waals surface area contributed by atoms with Gasteiger partial charge in [0.2, 0.25) is 0 Å². The van der Waals surface area contributed by atoms with Gasteiger partial charge in [0, 0.05) is 15.8 Å². The zero-order valence-electron chi connectivity index (χ0n) is 7.46. The lowest BCUT2D eigenvalue weighted by Gasteiger charge is -2.06. The minimum atomic E-state index is -0.293. The van der Waals surface area contributed by atoms with Crippen molar-refractivity contribution < 1.29 is 4.39 Å². The highest BCUT2D eigenvalue weighted by atomic mass is 32.2. The molecule has 0 aliphatic rings. The van der Waals surface area contributed by atoms with E-state index in [2.05, 4.69) is 6.58 Å². The molecule has 0 saturated carbocycles. The summed E-state index contributed by atoms with van der Waals surface area (Å²) in [5.74, 6) is -0.293. The average molecular weight is 197 g/mol. The lowest BCUT2D eigenvalue weighted by Crippen LogP contribution is -1.91. The number of hydrogen-bond donors (Lipinski definition) is 1. The molecule has 0 bridgehead atoms. The molecule has 0 aliphatic heterocycles. The summed E-state index contributed by atoms with van der Waals surface area (Å²) in [7, 11) is 0. The van der Waals surface area contributed by atoms with E-state index >= 15 is 0 Å². The molecule has 0 radical (unpaired) electrons. The van der Waals surface area contributed by atoms with Crippen LogP contribution < -0.4 is 5.73 Å². The maximum Gasteiger partial charge on any atom is 0.126 e. The second kappa shape index (κ2) is 4.33. The van der Waals surface area contributed by atoms with E-state index in [4.69, 9.17) is 5.73 Å². The van der Waals surface area contributed by atoms with Crippen molar-refractivity contribution in [1.82, 2.24) is 0 Å². The summed E-state index contributed by atoms with van der Waals surface area (Å²) in [6.45, 7) is 5.65. The molecule has 13 heavy (non-hydrogen) atoms. The van der Waals surface area contributed by atoms with Crippen molar-refractivity contribution in [3.63, 3.8) is 0 Å². The van der Waals surface area contributed by atoms with E-state index in [1.54, 1.807) is 6.07 Å². The first-order valence-corrected chi connectivity index (χ1v) is 4.85. The first-order chi connectivity index (χ1) is 6.11. The van der Waals surface area contributed by atoms with Gasteiger partial charge in [0.1, 0.15) is 5.82 Å². The molecular formula is C10H12FNS. The number of rotatable bonds is 3. The highest BCUT2D eigenvalue weighted by Gasteiger charge is 2.02. The van der Waals surface area contributed by atoms with Crippen LogP contribution in [0.3, 0.4) is 0 Å². The van der Waals surface area contributed by atoms with Crippen LogP contribution in [0.5, 0.6) is 0 Å². The quantitative estimate of drug-likeness (QED) is 0.458. The van der Waals surface area contributed by atoms with Crippen LogP contribution in [0.4, 0.5) is 10.1 Å². The van der Waals surface area contributed by atoms with Crippen molar-refractivity contribution in [2.45, 2.75) is 17.1 Å². The van der Waals surface area contributed by atoms with Crippen LogP contribution in [-0.4, -0.2) is 5.25 Å². The Morgan fingerprint density at radius 3 is 2.77 bits per heavy atom. The number of nitrogen functional groups attached to an aromatic ring is 1. The second-order valence-electron chi connectivity index (χ2n) is 2.78. The Kier molecular flexibility index (Phi) is 3.37. The molecule has 1 unspecified atom stereocenters. The SMILES string of the molecule is C=CC(C)Sc1cc(N)cc(F)c1. The number of benzene rings is 1. The smallest absolute Gasteiger partial charge is 0.126 e. The molecular weight excluding hydrogens is 185 g/mol. The van der Waals surface area contributed by atoms with Crippen molar-refractivity contribution >= 4 is 17.4 Å². The van der Waals surface area contributed by atoms with Gasteiger partial charge in [0.05, 0.1) is 0 Å². The van der Waals surface area contributed by atoms with Crippen LogP contribution in [0.1, 0.15) is 6.92 Å². The fourth-order valence-corrected chi connectivity index (χ4v) is 1.83. The van der Waals surface area contributed by atoms with Gasteiger partial charge < -0.3 is 5.73 Å². The Morgan fingerprint density at radius 2 is 2.23 bits per heavy atom. The number of hydrogen-bond acceptors (Lipinski definition) is 2. The third kappa shape index (κ3) is 3.11. The highest BCUT2D eigenvalue weighted by Crippen LogP contribution is 2.26. The van der Waals surface area contributed by atoms with Gasteiger partial charge in [-0.05, 0) is 25.1 Å². The van der Waals surface area contributed by atoms with Crippen molar-refractivity contribution in [2.24, 2.45) is 0 Å². The van der Waals surface area contributed by atoms with Crippen LogP contribution in [0, 0.1) is 5.82 Å². The average Bonchev–Trinajstić information content (AvgIpc) is 2.02. The first-order valence-electron chi connectivity index (χ1n) is 3.97. The molecule has 0 heterocycles. The van der Waals surface area contributed by atoms with Crippen LogP contribution >= 0.6 is 11.8 Å². The third-order valence-corrected chi connectivity index (χ3v) is 2.62. The fourth-order valence-electron chi connectivity index (χ4n) is 0.915. The van der Waals surface area contributed by atoms with Crippen molar-refractivity contribution in [2.75, 3.05) is 5.73 Å². The van der Waals surface area contributed by atoms with E-state index in [-0.39, 0.29) is 11.1 Å². The van der Waals surface area contributed by atoms with Gasteiger partial charge in [-0.3, -0.25) is 0 Å². The lowest BCUT2D eigenvalue weighted by atomic mass is 10.3. The minimum Gasteiger partial charge on any atom is -0.399 e. The van der Waals surface area contributed by atoms with Crippen LogP contribution in [0.15, 0.2) is 35.7 Å². The maximum atomic E-state index is 12.9. The number of halogens is 1. The Morgan fingerprint density at radius 1 is 1.54 bits per heavy atom. The molecule has 1 aromatic carbocycles. The van der Waals surface area contributed by atoms with Crippen molar-refractivity contribution in [1.29, 1.82) is 0 Å². The number of nitrogens with two attached hydrogens (primary N) is 1. The molecule has 1 rings (SSSR count). The molecule has 0 aromatic heterocycles. The Balaban J connectivity index is 2.82. The standard InChI is InChI=1S/C10H12FNS/c1-3-7(2)13-10-5-8(11)4-9(12)6-10/h3-7H,1,12H2,2H3. The maximum absolute atomic E-state index is 12.9. The van der Waals surface area contributed by atoms with E-state index in [9.17, 15) is 4.39 Å². The molecule has 1 aromatic rings. The summed E-state index contributed by atoms with van der Waals surface area (Å²) in [6.07, 6.45) is 1.81. The van der Waals surface area contributed by atoms with Crippen LogP contribution in [0.25, 0.3) is 0 Å². The van der Waals surface area contributed by atoms with Crippen molar-refractivity contribution in [3.8, 4) is 0 Å². The summed E-state index contributed by atoms with van der Waals surface area (Å²) >= 11 is 1.53. The molecule has 1 atom stereocenters. The Bertz CT molecular complexity index is 292. The predicted octanol–water partition coefficient (Wildman–Crippen LogP) is 3.07. The van der Waals surface area contributed by atoms with Gasteiger partial charge in [0.15, 0.2) is 0 Å². The summed E-state index contributed by atoms with van der Waals surface area (Å²) < 4.78 is 12.9. The van der Waals surface area contributed by atoms with Gasteiger partial charge in [-0.25, -0.2) is 4.39 Å². The van der Waals surface area contributed by atoms with E-state index in [1.807, 2.05) is 13.0 Å². The van der Waals surface area contributed by atoms with Gasteiger partial charge in [-0.1, -0.05) is 6.08 Å². The Labute approximate surface area is 81.8 Å². The molecule has 2 N–H and O–H groups in total. The first kappa shape index (κ1) is 10.1. The lowest BCUT2D eigenvalue weighted by molar-refractivity contribution is 0.625. The molecule has 0 aliphatic carbocycles. The number of anilines is 1. The predicted molar refractivity (Wildman–Crippen MR) is 56.3 cm³/mol. The monoisotopic (exact) mass is 197 g/mol. The van der Waals surface area contributed by atoms with E-state index < -0.39 is 0 Å². The van der Waals surface area contributed by atoms with E-state index in [1.165, 1.54) is 23.9 Å².